The number of anilines is 1. The number of H-pyrrole nitrogens is 1. The first-order valence-corrected chi connectivity index (χ1v) is 12.7. The van der Waals surface area contributed by atoms with E-state index in [1.54, 1.807) is 54.7 Å². The van der Waals surface area contributed by atoms with Gasteiger partial charge in [0.05, 0.1) is 17.2 Å². The first-order chi connectivity index (χ1) is 15.4. The lowest BCUT2D eigenvalue weighted by molar-refractivity contribution is -0.390. The summed E-state index contributed by atoms with van der Waals surface area (Å²) < 4.78 is 33.5. The summed E-state index contributed by atoms with van der Waals surface area (Å²) in [5, 5.41) is 2.77. The van der Waals surface area contributed by atoms with Crippen molar-refractivity contribution in [1.82, 2.24) is 5.32 Å². The molecule has 1 aromatic heterocycles. The zero-order valence-corrected chi connectivity index (χ0v) is 19.6. The third-order valence-electron chi connectivity index (χ3n) is 4.62. The van der Waals surface area contributed by atoms with E-state index in [0.717, 1.165) is 14.9 Å². The maximum absolute atomic E-state index is 13.5. The van der Waals surface area contributed by atoms with Crippen LogP contribution in [0.4, 0.5) is 5.69 Å². The molecule has 9 heteroatoms. The molecule has 0 unspecified atom stereocenters. The Morgan fingerprint density at radius 3 is 2.38 bits per heavy atom. The molecular formula is C23H26N3O4S2+. The van der Waals surface area contributed by atoms with Gasteiger partial charge in [-0.1, -0.05) is 6.07 Å². The van der Waals surface area contributed by atoms with Crippen molar-refractivity contribution < 1.29 is 22.9 Å². The molecule has 2 N–H and O–H groups in total. The second-order valence-electron chi connectivity index (χ2n) is 6.78. The van der Waals surface area contributed by atoms with E-state index in [-0.39, 0.29) is 18.0 Å². The van der Waals surface area contributed by atoms with Crippen LogP contribution in [0.1, 0.15) is 12.6 Å². The largest absolute Gasteiger partial charge is 0.494 e. The fourth-order valence-corrected chi connectivity index (χ4v) is 4.82. The van der Waals surface area contributed by atoms with Crippen LogP contribution < -0.4 is 19.3 Å². The van der Waals surface area contributed by atoms with E-state index in [0.29, 0.717) is 18.0 Å². The van der Waals surface area contributed by atoms with Crippen LogP contribution in [0.15, 0.2) is 82.7 Å². The van der Waals surface area contributed by atoms with Crippen molar-refractivity contribution in [2.75, 3.05) is 23.7 Å². The second-order valence-corrected chi connectivity index (χ2v) is 9.52. The number of benzene rings is 2. The molecule has 0 aliphatic rings. The highest BCUT2D eigenvalue weighted by atomic mass is 32.2. The Labute approximate surface area is 192 Å². The molecule has 0 fully saturated rings. The Morgan fingerprint density at radius 2 is 1.78 bits per heavy atom. The smallest absolute Gasteiger partial charge is 0.264 e. The molecule has 168 valence electrons. The maximum atomic E-state index is 13.5. The van der Waals surface area contributed by atoms with Gasteiger partial charge in [0.25, 0.3) is 10.0 Å². The number of rotatable bonds is 10. The zero-order chi connectivity index (χ0) is 23.0. The van der Waals surface area contributed by atoms with Crippen LogP contribution in [0.5, 0.6) is 5.75 Å². The number of aromatic nitrogens is 1. The van der Waals surface area contributed by atoms with Crippen molar-refractivity contribution in [1.29, 1.82) is 0 Å². The van der Waals surface area contributed by atoms with Gasteiger partial charge < -0.3 is 10.1 Å². The van der Waals surface area contributed by atoms with E-state index < -0.39 is 15.9 Å². The lowest BCUT2D eigenvalue weighted by Crippen LogP contribution is -2.41. The van der Waals surface area contributed by atoms with Crippen molar-refractivity contribution in [2.24, 2.45) is 0 Å². The number of hydrogen-bond acceptors (Lipinski definition) is 5. The number of aromatic amines is 1. The third-order valence-corrected chi connectivity index (χ3v) is 7.15. The van der Waals surface area contributed by atoms with Gasteiger partial charge in [0.2, 0.25) is 5.91 Å². The number of carbonyl (C=O) groups excluding carboxylic acids is 1. The Bertz CT molecular complexity index is 1120. The lowest BCUT2D eigenvalue weighted by atomic mass is 10.3. The van der Waals surface area contributed by atoms with Crippen LogP contribution in [-0.4, -0.2) is 33.7 Å². The summed E-state index contributed by atoms with van der Waals surface area (Å²) in [6.07, 6.45) is 3.68. The number of nitrogens with one attached hydrogen (secondary N) is 2. The van der Waals surface area contributed by atoms with Crippen LogP contribution in [0.25, 0.3) is 0 Å². The number of hydrogen-bond donors (Lipinski definition) is 1. The first kappa shape index (κ1) is 23.6. The predicted octanol–water partition coefficient (Wildman–Crippen LogP) is 3.13. The van der Waals surface area contributed by atoms with Gasteiger partial charge in [0.15, 0.2) is 11.9 Å². The summed E-state index contributed by atoms with van der Waals surface area (Å²) >= 11 is 1.52. The minimum atomic E-state index is -3.97. The molecule has 0 bridgehead atoms. The molecule has 2 aromatic carbocycles. The fourth-order valence-electron chi connectivity index (χ4n) is 2.99. The number of ether oxygens (including phenoxy) is 1. The van der Waals surface area contributed by atoms with E-state index in [1.165, 1.54) is 11.8 Å². The summed E-state index contributed by atoms with van der Waals surface area (Å²) in [5.74, 6) is 0.211. The van der Waals surface area contributed by atoms with Gasteiger partial charge in [-0.05, 0) is 61.7 Å². The van der Waals surface area contributed by atoms with Gasteiger partial charge in [0, 0.05) is 17.0 Å². The standard InChI is InChI=1S/C23H25N3O4S2/c1-3-30-20-9-7-19(8-10-20)26(17-23(27)25-16-18-6-4-5-15-24-18)32(28,29)22-13-11-21(31-2)12-14-22/h4-15H,3,16-17H2,1-2H3,(H,25,27)/p+1. The van der Waals surface area contributed by atoms with Crippen molar-refractivity contribution in [3.63, 3.8) is 0 Å². The zero-order valence-electron chi connectivity index (χ0n) is 17.9. The van der Waals surface area contributed by atoms with Crippen molar-refractivity contribution >= 4 is 33.4 Å². The summed E-state index contributed by atoms with van der Waals surface area (Å²) in [7, 11) is -3.97. The summed E-state index contributed by atoms with van der Waals surface area (Å²) in [5.41, 5.74) is 1.19. The molecule has 1 heterocycles. The average molecular weight is 473 g/mol. The quantitative estimate of drug-likeness (QED) is 0.458. The predicted molar refractivity (Wildman–Crippen MR) is 125 cm³/mol. The first-order valence-electron chi connectivity index (χ1n) is 10.1. The van der Waals surface area contributed by atoms with Crippen LogP contribution in [0, 0.1) is 0 Å². The SMILES string of the molecule is CCOc1ccc(N(CC(=O)NCc2cccc[nH+]2)S(=O)(=O)c2ccc(SC)cc2)cc1. The van der Waals surface area contributed by atoms with E-state index >= 15 is 0 Å². The van der Waals surface area contributed by atoms with Gasteiger partial charge in [-0.3, -0.25) is 9.10 Å². The molecule has 3 aromatic rings. The molecule has 0 aliphatic heterocycles. The number of carbonyl (C=O) groups is 1. The minimum Gasteiger partial charge on any atom is -0.494 e. The normalized spacial score (nSPS) is 11.1. The highest BCUT2D eigenvalue weighted by molar-refractivity contribution is 7.98. The topological polar surface area (TPSA) is 89.8 Å². The van der Waals surface area contributed by atoms with Crippen molar-refractivity contribution in [3.05, 3.63) is 78.6 Å². The Morgan fingerprint density at radius 1 is 1.06 bits per heavy atom. The van der Waals surface area contributed by atoms with E-state index in [2.05, 4.69) is 10.3 Å². The summed E-state index contributed by atoms with van der Waals surface area (Å²) in [6.45, 7) is 2.28. The Balaban J connectivity index is 1.86. The van der Waals surface area contributed by atoms with Gasteiger partial charge >= 0.3 is 0 Å². The molecule has 0 atom stereocenters. The van der Waals surface area contributed by atoms with Crippen LogP contribution in [0.2, 0.25) is 0 Å². The number of pyridine rings is 1. The molecular weight excluding hydrogens is 446 g/mol. The maximum Gasteiger partial charge on any atom is 0.264 e. The van der Waals surface area contributed by atoms with Gasteiger partial charge in [0.1, 0.15) is 18.8 Å². The summed E-state index contributed by atoms with van der Waals surface area (Å²) in [6, 6.07) is 18.8. The molecule has 0 radical (unpaired) electrons. The highest BCUT2D eigenvalue weighted by Crippen LogP contribution is 2.27. The monoisotopic (exact) mass is 472 g/mol. The van der Waals surface area contributed by atoms with Crippen molar-refractivity contribution in [3.8, 4) is 5.75 Å². The summed E-state index contributed by atoms with van der Waals surface area (Å²) in [4.78, 5) is 16.8. The highest BCUT2D eigenvalue weighted by Gasteiger charge is 2.27. The Hall–Kier alpha value is -3.04. The van der Waals surface area contributed by atoms with E-state index in [9.17, 15) is 13.2 Å². The Kier molecular flexibility index (Phi) is 8.13. The number of sulfonamides is 1. The van der Waals surface area contributed by atoms with Crippen LogP contribution in [-0.2, 0) is 21.4 Å². The number of nitrogens with zero attached hydrogens (tertiary/aromatic N) is 1. The molecule has 0 spiro atoms. The molecule has 1 amide bonds. The molecule has 7 nitrogen and oxygen atoms in total. The van der Waals surface area contributed by atoms with Crippen LogP contribution in [0.3, 0.4) is 0 Å². The fraction of sp³-hybridized carbons (Fsp3) is 0.217. The van der Waals surface area contributed by atoms with Gasteiger partial charge in [-0.2, -0.15) is 0 Å². The third kappa shape index (κ3) is 6.02. The van der Waals surface area contributed by atoms with E-state index in [1.807, 2.05) is 31.4 Å². The number of thioether (sulfide) groups is 1. The molecule has 32 heavy (non-hydrogen) atoms. The minimum absolute atomic E-state index is 0.119. The molecule has 0 aliphatic carbocycles. The number of amides is 1. The van der Waals surface area contributed by atoms with Crippen molar-refractivity contribution in [2.45, 2.75) is 23.3 Å². The van der Waals surface area contributed by atoms with Gasteiger partial charge in [-0.25, -0.2) is 13.4 Å². The lowest BCUT2D eigenvalue weighted by Gasteiger charge is -2.24. The van der Waals surface area contributed by atoms with Crippen LogP contribution >= 0.6 is 11.8 Å². The average Bonchev–Trinajstić information content (AvgIpc) is 2.82. The van der Waals surface area contributed by atoms with Gasteiger partial charge in [-0.15, -0.1) is 11.8 Å². The molecule has 0 saturated heterocycles. The molecule has 3 rings (SSSR count). The molecule has 0 saturated carbocycles. The second kappa shape index (κ2) is 11.0. The van der Waals surface area contributed by atoms with E-state index in [4.69, 9.17) is 4.74 Å².